The summed E-state index contributed by atoms with van der Waals surface area (Å²) < 4.78 is 70.8. The lowest BCUT2D eigenvalue weighted by molar-refractivity contribution is -0.274. The van der Waals surface area contributed by atoms with Crippen LogP contribution < -0.4 is 4.74 Å². The van der Waals surface area contributed by atoms with E-state index < -0.39 is 42.5 Å². The fraction of sp³-hybridized carbons (Fsp3) is 0.500. The normalized spacial score (nSPS) is 11.6. The highest BCUT2D eigenvalue weighted by atomic mass is 35.5. The molecule has 1 heterocycles. The van der Waals surface area contributed by atoms with Crippen molar-refractivity contribution in [1.29, 1.82) is 0 Å². The average Bonchev–Trinajstić information content (AvgIpc) is 2.36. The van der Waals surface area contributed by atoms with Gasteiger partial charge in [0, 0.05) is 11.6 Å². The standard InChI is InChI=1S/C12H11ClF5NO3/c1-2-21-10(20)4-7-6(5-13)9(22-12(16,17)18)3-8(19-7)11(14)15/h3,11H,2,4-5H2,1H3. The maximum Gasteiger partial charge on any atom is 0.573 e. The van der Waals surface area contributed by atoms with Crippen LogP contribution in [0.25, 0.3) is 0 Å². The highest BCUT2D eigenvalue weighted by Gasteiger charge is 2.33. The first kappa shape index (κ1) is 18.4. The highest BCUT2D eigenvalue weighted by molar-refractivity contribution is 6.17. The summed E-state index contributed by atoms with van der Waals surface area (Å²) in [6.07, 6.45) is -8.83. The van der Waals surface area contributed by atoms with Crippen molar-refractivity contribution in [3.05, 3.63) is 23.0 Å². The molecule has 0 aromatic carbocycles. The van der Waals surface area contributed by atoms with Crippen molar-refractivity contribution in [3.8, 4) is 5.75 Å². The molecule has 0 fully saturated rings. The van der Waals surface area contributed by atoms with E-state index >= 15 is 0 Å². The minimum Gasteiger partial charge on any atom is -0.466 e. The second-order valence-corrected chi connectivity index (χ2v) is 4.20. The van der Waals surface area contributed by atoms with Crippen LogP contribution in [0, 0.1) is 0 Å². The van der Waals surface area contributed by atoms with Crippen molar-refractivity contribution in [2.75, 3.05) is 6.61 Å². The number of pyridine rings is 1. The Morgan fingerprint density at radius 2 is 2.05 bits per heavy atom. The maximum absolute atomic E-state index is 12.7. The molecule has 0 bridgehead atoms. The number of nitrogens with zero attached hydrogens (tertiary/aromatic N) is 1. The lowest BCUT2D eigenvalue weighted by atomic mass is 10.1. The van der Waals surface area contributed by atoms with Crippen molar-refractivity contribution in [2.45, 2.75) is 32.0 Å². The molecule has 0 aliphatic heterocycles. The molecule has 0 aliphatic rings. The lowest BCUT2D eigenvalue weighted by Gasteiger charge is -2.16. The Morgan fingerprint density at radius 3 is 2.50 bits per heavy atom. The van der Waals surface area contributed by atoms with Gasteiger partial charge >= 0.3 is 12.3 Å². The van der Waals surface area contributed by atoms with Crippen LogP contribution in [0.5, 0.6) is 5.75 Å². The molecule has 0 spiro atoms. The number of esters is 1. The highest BCUT2D eigenvalue weighted by Crippen LogP contribution is 2.33. The van der Waals surface area contributed by atoms with Gasteiger partial charge in [-0.15, -0.1) is 24.8 Å². The van der Waals surface area contributed by atoms with Crippen LogP contribution in [0.4, 0.5) is 22.0 Å². The van der Waals surface area contributed by atoms with Gasteiger partial charge in [-0.3, -0.25) is 9.78 Å². The second-order valence-electron chi connectivity index (χ2n) is 3.93. The number of hydrogen-bond acceptors (Lipinski definition) is 4. The van der Waals surface area contributed by atoms with Gasteiger partial charge in [-0.25, -0.2) is 8.78 Å². The van der Waals surface area contributed by atoms with E-state index in [-0.39, 0.29) is 17.9 Å². The van der Waals surface area contributed by atoms with Gasteiger partial charge in [0.05, 0.1) is 24.6 Å². The molecule has 0 N–H and O–H groups in total. The third-order valence-electron chi connectivity index (χ3n) is 2.39. The van der Waals surface area contributed by atoms with Gasteiger partial charge < -0.3 is 9.47 Å². The van der Waals surface area contributed by atoms with Gasteiger partial charge in [-0.2, -0.15) is 0 Å². The SMILES string of the molecule is CCOC(=O)Cc1nc(C(F)F)cc(OC(F)(F)F)c1CCl. The number of carbonyl (C=O) groups excluding carboxylic acids is 1. The Kier molecular flexibility index (Phi) is 6.34. The van der Waals surface area contributed by atoms with Gasteiger partial charge in [-0.1, -0.05) is 0 Å². The molecule has 0 saturated carbocycles. The van der Waals surface area contributed by atoms with Crippen LogP contribution in [0.2, 0.25) is 0 Å². The minimum atomic E-state index is -5.09. The number of carbonyl (C=O) groups is 1. The Balaban J connectivity index is 3.30. The summed E-state index contributed by atoms with van der Waals surface area (Å²) in [6.45, 7) is 1.54. The smallest absolute Gasteiger partial charge is 0.466 e. The average molecular weight is 348 g/mol. The predicted octanol–water partition coefficient (Wildman–Crippen LogP) is 3.76. The van der Waals surface area contributed by atoms with Gasteiger partial charge in [0.2, 0.25) is 0 Å². The molecule has 0 amide bonds. The van der Waals surface area contributed by atoms with E-state index in [0.717, 1.165) is 0 Å². The molecule has 4 nitrogen and oxygen atoms in total. The molecule has 0 saturated heterocycles. The minimum absolute atomic E-state index is 0.0233. The van der Waals surface area contributed by atoms with Crippen molar-refractivity contribution in [2.24, 2.45) is 0 Å². The summed E-state index contributed by atoms with van der Waals surface area (Å²) in [6, 6.07) is 0.449. The molecule has 1 aromatic rings. The van der Waals surface area contributed by atoms with Gasteiger partial charge in [0.1, 0.15) is 11.4 Å². The maximum atomic E-state index is 12.7. The zero-order chi connectivity index (χ0) is 16.9. The number of rotatable bonds is 6. The van der Waals surface area contributed by atoms with E-state index in [1.54, 1.807) is 0 Å². The number of aromatic nitrogens is 1. The number of ether oxygens (including phenoxy) is 2. The summed E-state index contributed by atoms with van der Waals surface area (Å²) in [5.74, 6) is -2.24. The van der Waals surface area contributed by atoms with Crippen LogP contribution >= 0.6 is 11.6 Å². The van der Waals surface area contributed by atoms with Crippen LogP contribution in [0.1, 0.15) is 30.3 Å². The molecule has 0 aliphatic carbocycles. The molecule has 1 aromatic heterocycles. The predicted molar refractivity (Wildman–Crippen MR) is 65.8 cm³/mol. The molecule has 1 rings (SSSR count). The van der Waals surface area contributed by atoms with Gasteiger partial charge in [0.25, 0.3) is 6.43 Å². The lowest BCUT2D eigenvalue weighted by Crippen LogP contribution is -2.20. The van der Waals surface area contributed by atoms with Crippen LogP contribution in [0.3, 0.4) is 0 Å². The van der Waals surface area contributed by atoms with E-state index in [1.807, 2.05) is 0 Å². The summed E-state index contributed by atoms with van der Waals surface area (Å²) in [4.78, 5) is 14.9. The first-order valence-corrected chi connectivity index (χ1v) is 6.49. The number of hydrogen-bond donors (Lipinski definition) is 0. The largest absolute Gasteiger partial charge is 0.573 e. The summed E-state index contributed by atoms with van der Waals surface area (Å²) >= 11 is 5.53. The van der Waals surface area contributed by atoms with Gasteiger partial charge in [0.15, 0.2) is 0 Å². The summed E-state index contributed by atoms with van der Waals surface area (Å²) in [5.41, 5.74) is -1.59. The fourth-order valence-corrected chi connectivity index (χ4v) is 1.87. The molecule has 10 heteroatoms. The monoisotopic (exact) mass is 347 g/mol. The molecular formula is C12H11ClF5NO3. The quantitative estimate of drug-likeness (QED) is 0.446. The zero-order valence-electron chi connectivity index (χ0n) is 11.2. The second kappa shape index (κ2) is 7.57. The Morgan fingerprint density at radius 1 is 1.41 bits per heavy atom. The number of alkyl halides is 6. The molecule has 124 valence electrons. The van der Waals surface area contributed by atoms with E-state index in [9.17, 15) is 26.7 Å². The Labute approximate surface area is 127 Å². The molecule has 0 radical (unpaired) electrons. The van der Waals surface area contributed by atoms with Crippen LogP contribution in [0.15, 0.2) is 6.07 Å². The first-order chi connectivity index (χ1) is 10.2. The Bertz CT molecular complexity index is 536. The molecule has 0 atom stereocenters. The molecule has 22 heavy (non-hydrogen) atoms. The first-order valence-electron chi connectivity index (χ1n) is 5.96. The third-order valence-corrected chi connectivity index (χ3v) is 2.66. The number of halogens is 6. The van der Waals surface area contributed by atoms with Crippen molar-refractivity contribution >= 4 is 17.6 Å². The van der Waals surface area contributed by atoms with E-state index in [1.165, 1.54) is 6.92 Å². The van der Waals surface area contributed by atoms with Crippen molar-refractivity contribution < 1.29 is 36.2 Å². The molecule has 0 unspecified atom stereocenters. The van der Waals surface area contributed by atoms with E-state index in [2.05, 4.69) is 14.5 Å². The Hall–Kier alpha value is -1.64. The summed E-state index contributed by atoms with van der Waals surface area (Å²) in [7, 11) is 0. The van der Waals surface area contributed by atoms with Crippen molar-refractivity contribution in [3.63, 3.8) is 0 Å². The molecular weight excluding hydrogens is 337 g/mol. The third kappa shape index (κ3) is 5.28. The van der Waals surface area contributed by atoms with Crippen LogP contribution in [-0.2, 0) is 21.8 Å². The van der Waals surface area contributed by atoms with Crippen LogP contribution in [-0.4, -0.2) is 23.9 Å². The van der Waals surface area contributed by atoms with Crippen molar-refractivity contribution in [1.82, 2.24) is 4.98 Å². The van der Waals surface area contributed by atoms with E-state index in [0.29, 0.717) is 6.07 Å². The van der Waals surface area contributed by atoms with E-state index in [4.69, 9.17) is 11.6 Å². The summed E-state index contributed by atoms with van der Waals surface area (Å²) in [5, 5.41) is 0. The van der Waals surface area contributed by atoms with Gasteiger partial charge in [-0.05, 0) is 6.92 Å². The fourth-order valence-electron chi connectivity index (χ4n) is 1.58. The topological polar surface area (TPSA) is 48.4 Å². The zero-order valence-corrected chi connectivity index (χ0v) is 12.0.